The van der Waals surface area contributed by atoms with Crippen LogP contribution in [-0.4, -0.2) is 41.9 Å². The highest BCUT2D eigenvalue weighted by atomic mass is 16.6. The third kappa shape index (κ3) is 5.28. The summed E-state index contributed by atoms with van der Waals surface area (Å²) in [5, 5.41) is 11.2. The topological polar surface area (TPSA) is 102 Å². The number of alkyl carbamates (subject to hydrolysis) is 1. The van der Waals surface area contributed by atoms with Crippen LogP contribution in [0.25, 0.3) is 0 Å². The van der Waals surface area contributed by atoms with Crippen LogP contribution in [0.2, 0.25) is 0 Å². The molecule has 0 atom stereocenters. The Balaban J connectivity index is 1.55. The van der Waals surface area contributed by atoms with E-state index in [-0.39, 0.29) is 25.6 Å². The van der Waals surface area contributed by atoms with E-state index in [9.17, 15) is 14.4 Å². The molecule has 1 aliphatic rings. The molecule has 0 bridgehead atoms. The molecule has 2 N–H and O–H groups in total. The number of esters is 1. The van der Waals surface area contributed by atoms with E-state index in [0.717, 1.165) is 5.56 Å². The number of rotatable bonds is 8. The highest BCUT2D eigenvalue weighted by Crippen LogP contribution is 2.35. The van der Waals surface area contributed by atoms with Gasteiger partial charge in [-0.3, -0.25) is 4.79 Å². The van der Waals surface area contributed by atoms with Crippen molar-refractivity contribution in [3.05, 3.63) is 35.9 Å². The highest BCUT2D eigenvalue weighted by Gasteiger charge is 2.52. The van der Waals surface area contributed by atoms with Crippen molar-refractivity contribution < 1.29 is 29.0 Å². The number of carboxylic acids is 1. The molecule has 7 heteroatoms. The van der Waals surface area contributed by atoms with Gasteiger partial charge >= 0.3 is 18.0 Å². The second kappa shape index (κ2) is 7.62. The van der Waals surface area contributed by atoms with Gasteiger partial charge in [0.2, 0.25) is 0 Å². The van der Waals surface area contributed by atoms with E-state index in [1.807, 2.05) is 30.3 Å². The Morgan fingerprint density at radius 3 is 2.35 bits per heavy atom. The van der Waals surface area contributed by atoms with Gasteiger partial charge in [-0.1, -0.05) is 30.3 Å². The summed E-state index contributed by atoms with van der Waals surface area (Å²) in [6, 6.07) is 9.56. The summed E-state index contributed by atoms with van der Waals surface area (Å²) >= 11 is 0. The van der Waals surface area contributed by atoms with Crippen molar-refractivity contribution in [3.8, 4) is 0 Å². The van der Waals surface area contributed by atoms with Gasteiger partial charge < -0.3 is 19.9 Å². The summed E-state index contributed by atoms with van der Waals surface area (Å²) < 4.78 is 9.74. The Bertz CT molecular complexity index is 567. The molecule has 1 fully saturated rings. The highest BCUT2D eigenvalue weighted by molar-refractivity contribution is 5.87. The zero-order valence-electron chi connectivity index (χ0n) is 12.6. The molecule has 7 nitrogen and oxygen atoms in total. The molecule has 0 radical (unpaired) electrons. The lowest BCUT2D eigenvalue weighted by atomic mass is 10.1. The maximum absolute atomic E-state index is 11.5. The first kappa shape index (κ1) is 16.8. The zero-order valence-corrected chi connectivity index (χ0v) is 12.6. The Labute approximate surface area is 133 Å². The molecule has 0 saturated heterocycles. The van der Waals surface area contributed by atoms with E-state index < -0.39 is 17.6 Å². The third-order valence-electron chi connectivity index (χ3n) is 3.54. The largest absolute Gasteiger partial charge is 0.480 e. The van der Waals surface area contributed by atoms with Gasteiger partial charge in [0, 0.05) is 6.42 Å². The summed E-state index contributed by atoms with van der Waals surface area (Å²) in [5.41, 5.74) is -0.132. The number of carbonyl (C=O) groups excluding carboxylic acids is 2. The summed E-state index contributed by atoms with van der Waals surface area (Å²) in [4.78, 5) is 33.8. The second-order valence-electron chi connectivity index (χ2n) is 5.35. The SMILES string of the molecule is O=C(CCc1ccccc1)OCCOC(=O)NC1(C(=O)O)CC1. The summed E-state index contributed by atoms with van der Waals surface area (Å²) in [7, 11) is 0. The smallest absolute Gasteiger partial charge is 0.408 e. The van der Waals surface area contributed by atoms with Gasteiger partial charge in [-0.2, -0.15) is 0 Å². The van der Waals surface area contributed by atoms with Crippen molar-refractivity contribution >= 4 is 18.0 Å². The zero-order chi connectivity index (χ0) is 16.7. The normalized spacial score (nSPS) is 14.6. The monoisotopic (exact) mass is 321 g/mol. The molecule has 0 heterocycles. The molecule has 0 aromatic heterocycles. The molecule has 23 heavy (non-hydrogen) atoms. The van der Waals surface area contributed by atoms with Gasteiger partial charge in [-0.15, -0.1) is 0 Å². The molecule has 0 unspecified atom stereocenters. The van der Waals surface area contributed by atoms with E-state index in [4.69, 9.17) is 14.6 Å². The number of benzene rings is 1. The average Bonchev–Trinajstić information content (AvgIpc) is 3.31. The van der Waals surface area contributed by atoms with Crippen LogP contribution in [0.5, 0.6) is 0 Å². The molecular formula is C16H19NO6. The lowest BCUT2D eigenvalue weighted by molar-refractivity contribution is -0.144. The fourth-order valence-corrected chi connectivity index (χ4v) is 2.00. The number of hydrogen-bond donors (Lipinski definition) is 2. The van der Waals surface area contributed by atoms with Crippen molar-refractivity contribution in [1.29, 1.82) is 0 Å². The van der Waals surface area contributed by atoms with Crippen LogP contribution in [0.15, 0.2) is 30.3 Å². The van der Waals surface area contributed by atoms with Gasteiger partial charge in [-0.25, -0.2) is 9.59 Å². The van der Waals surface area contributed by atoms with Crippen LogP contribution in [0, 0.1) is 0 Å². The van der Waals surface area contributed by atoms with Crippen LogP contribution >= 0.6 is 0 Å². The van der Waals surface area contributed by atoms with Crippen molar-refractivity contribution in [3.63, 3.8) is 0 Å². The first-order valence-corrected chi connectivity index (χ1v) is 7.40. The summed E-state index contributed by atoms with van der Waals surface area (Å²) in [6.07, 6.45) is 0.809. The molecule has 124 valence electrons. The Morgan fingerprint density at radius 2 is 1.74 bits per heavy atom. The molecular weight excluding hydrogens is 302 g/mol. The minimum Gasteiger partial charge on any atom is -0.480 e. The van der Waals surface area contributed by atoms with E-state index in [2.05, 4.69) is 5.32 Å². The second-order valence-corrected chi connectivity index (χ2v) is 5.35. The average molecular weight is 321 g/mol. The standard InChI is InChI=1S/C16H19NO6/c18-13(7-6-12-4-2-1-3-5-12)22-10-11-23-15(21)17-16(8-9-16)14(19)20/h1-5H,6-11H2,(H,17,21)(H,19,20). The Hall–Kier alpha value is -2.57. The Morgan fingerprint density at radius 1 is 1.09 bits per heavy atom. The van der Waals surface area contributed by atoms with Crippen LogP contribution in [0.3, 0.4) is 0 Å². The van der Waals surface area contributed by atoms with E-state index >= 15 is 0 Å². The van der Waals surface area contributed by atoms with E-state index in [0.29, 0.717) is 19.3 Å². The number of carboxylic acid groups (broad SMARTS) is 1. The van der Waals surface area contributed by atoms with E-state index in [1.165, 1.54) is 0 Å². The first-order chi connectivity index (χ1) is 11.0. The minimum absolute atomic E-state index is 0.0544. The minimum atomic E-state index is -1.18. The number of nitrogens with one attached hydrogen (secondary N) is 1. The van der Waals surface area contributed by atoms with Gasteiger partial charge in [-0.05, 0) is 24.8 Å². The van der Waals surface area contributed by atoms with Gasteiger partial charge in [0.15, 0.2) is 0 Å². The van der Waals surface area contributed by atoms with Crippen LogP contribution in [0.4, 0.5) is 4.79 Å². The number of amides is 1. The molecule has 1 aromatic rings. The number of carbonyl (C=O) groups is 3. The molecule has 2 rings (SSSR count). The maximum Gasteiger partial charge on any atom is 0.408 e. The summed E-state index contributed by atoms with van der Waals surface area (Å²) in [6.45, 7) is -0.167. The van der Waals surface area contributed by atoms with E-state index in [1.54, 1.807) is 0 Å². The fraction of sp³-hybridized carbons (Fsp3) is 0.438. The van der Waals surface area contributed by atoms with Gasteiger partial charge in [0.05, 0.1) is 0 Å². The number of hydrogen-bond acceptors (Lipinski definition) is 5. The summed E-state index contributed by atoms with van der Waals surface area (Å²) in [5.74, 6) is -1.44. The molecule has 1 saturated carbocycles. The molecule has 0 spiro atoms. The van der Waals surface area contributed by atoms with Crippen LogP contribution < -0.4 is 5.32 Å². The molecule has 1 aromatic carbocycles. The quantitative estimate of drug-likeness (QED) is 0.556. The first-order valence-electron chi connectivity index (χ1n) is 7.40. The Kier molecular flexibility index (Phi) is 5.56. The molecule has 1 amide bonds. The maximum atomic E-state index is 11.5. The van der Waals surface area contributed by atoms with Crippen molar-refractivity contribution in [2.45, 2.75) is 31.2 Å². The fourth-order valence-electron chi connectivity index (χ4n) is 2.00. The lowest BCUT2D eigenvalue weighted by Gasteiger charge is -2.12. The number of ether oxygens (including phenoxy) is 2. The van der Waals surface area contributed by atoms with Crippen molar-refractivity contribution in [2.24, 2.45) is 0 Å². The van der Waals surface area contributed by atoms with Gasteiger partial charge in [0.1, 0.15) is 18.8 Å². The number of aliphatic carboxylic acids is 1. The van der Waals surface area contributed by atoms with Crippen molar-refractivity contribution in [1.82, 2.24) is 5.32 Å². The van der Waals surface area contributed by atoms with Crippen LogP contribution in [-0.2, 0) is 25.5 Å². The molecule has 0 aliphatic heterocycles. The predicted molar refractivity (Wildman–Crippen MR) is 79.8 cm³/mol. The van der Waals surface area contributed by atoms with Gasteiger partial charge in [0.25, 0.3) is 0 Å². The predicted octanol–water partition coefficient (Wildman–Crippen LogP) is 1.51. The number of aryl methyl sites for hydroxylation is 1. The van der Waals surface area contributed by atoms with Crippen LogP contribution in [0.1, 0.15) is 24.8 Å². The van der Waals surface area contributed by atoms with Crippen molar-refractivity contribution in [2.75, 3.05) is 13.2 Å². The molecule has 1 aliphatic carbocycles. The lowest BCUT2D eigenvalue weighted by Crippen LogP contribution is -2.43. The third-order valence-corrected chi connectivity index (χ3v) is 3.54.